The zero-order valence-electron chi connectivity index (χ0n) is 9.42. The molecule has 1 aromatic heterocycles. The van der Waals surface area contributed by atoms with Crippen LogP contribution in [-0.4, -0.2) is 22.3 Å². The lowest BCUT2D eigenvalue weighted by Crippen LogP contribution is -2.37. The first kappa shape index (κ1) is 11.5. The molecule has 1 fully saturated rings. The molecule has 1 heterocycles. The van der Waals surface area contributed by atoms with E-state index in [4.69, 9.17) is 16.0 Å². The van der Waals surface area contributed by atoms with E-state index < -0.39 is 0 Å². The van der Waals surface area contributed by atoms with Gasteiger partial charge in [-0.25, -0.2) is 4.98 Å². The minimum absolute atomic E-state index is 0.0354. The number of hydrogen-bond donors (Lipinski definition) is 1. The molecule has 1 aromatic rings. The van der Waals surface area contributed by atoms with Crippen molar-refractivity contribution in [2.24, 2.45) is 0 Å². The van der Waals surface area contributed by atoms with Gasteiger partial charge < -0.3 is 9.73 Å². The zero-order valence-corrected chi connectivity index (χ0v) is 10.2. The molecular weight excluding hydrogens is 228 g/mol. The first-order valence-corrected chi connectivity index (χ1v) is 5.90. The minimum Gasteiger partial charge on any atom is -0.436 e. The van der Waals surface area contributed by atoms with Gasteiger partial charge in [0.25, 0.3) is 5.91 Å². The highest BCUT2D eigenvalue weighted by Crippen LogP contribution is 2.24. The van der Waals surface area contributed by atoms with Crippen molar-refractivity contribution in [2.75, 3.05) is 0 Å². The molecule has 2 rings (SSSR count). The monoisotopic (exact) mass is 242 g/mol. The molecule has 2 atom stereocenters. The highest BCUT2D eigenvalue weighted by Gasteiger charge is 2.28. The molecule has 5 heteroatoms. The van der Waals surface area contributed by atoms with E-state index in [-0.39, 0.29) is 17.3 Å². The normalized spacial score (nSPS) is 24.7. The molecular formula is C11H15ClN2O2. The topological polar surface area (TPSA) is 55.1 Å². The summed E-state index contributed by atoms with van der Waals surface area (Å²) in [6, 6.07) is 0.0546. The van der Waals surface area contributed by atoms with Crippen molar-refractivity contribution in [1.29, 1.82) is 0 Å². The van der Waals surface area contributed by atoms with Gasteiger partial charge in [-0.15, -0.1) is 11.6 Å². The highest BCUT2D eigenvalue weighted by molar-refractivity contribution is 6.21. The van der Waals surface area contributed by atoms with Crippen LogP contribution in [0.2, 0.25) is 0 Å². The van der Waals surface area contributed by atoms with Gasteiger partial charge in [-0.05, 0) is 26.2 Å². The van der Waals surface area contributed by atoms with E-state index in [2.05, 4.69) is 10.3 Å². The van der Waals surface area contributed by atoms with Crippen LogP contribution in [-0.2, 0) is 0 Å². The molecule has 1 N–H and O–H groups in total. The fourth-order valence-corrected chi connectivity index (χ4v) is 2.40. The van der Waals surface area contributed by atoms with Gasteiger partial charge in [0, 0.05) is 13.0 Å². The average molecular weight is 243 g/mol. The Kier molecular flexibility index (Phi) is 3.19. The quantitative estimate of drug-likeness (QED) is 0.809. The van der Waals surface area contributed by atoms with Crippen LogP contribution >= 0.6 is 11.6 Å². The fourth-order valence-electron chi connectivity index (χ4n) is 2.05. The maximum Gasteiger partial charge on any atom is 0.289 e. The lowest BCUT2D eigenvalue weighted by Gasteiger charge is -2.14. The number of oxazole rings is 1. The average Bonchev–Trinajstić information content (AvgIpc) is 2.74. The number of carbonyl (C=O) groups excluding carboxylic acids is 1. The Balaban J connectivity index is 2.05. The molecule has 0 bridgehead atoms. The third-order valence-electron chi connectivity index (χ3n) is 2.86. The van der Waals surface area contributed by atoms with Crippen molar-refractivity contribution >= 4 is 17.5 Å². The summed E-state index contributed by atoms with van der Waals surface area (Å²) in [4.78, 5) is 15.9. The summed E-state index contributed by atoms with van der Waals surface area (Å²) in [6.07, 6.45) is 2.96. The Morgan fingerprint density at radius 3 is 2.75 bits per heavy atom. The lowest BCUT2D eigenvalue weighted by atomic mass is 10.2. The van der Waals surface area contributed by atoms with Crippen molar-refractivity contribution in [2.45, 2.75) is 44.5 Å². The molecule has 88 valence electrons. The number of alkyl halides is 1. The van der Waals surface area contributed by atoms with Gasteiger partial charge in [-0.2, -0.15) is 0 Å². The van der Waals surface area contributed by atoms with Gasteiger partial charge in [0.2, 0.25) is 5.76 Å². The summed E-state index contributed by atoms with van der Waals surface area (Å²) in [6.45, 7) is 3.49. The summed E-state index contributed by atoms with van der Waals surface area (Å²) >= 11 is 6.09. The van der Waals surface area contributed by atoms with Crippen molar-refractivity contribution < 1.29 is 9.21 Å². The molecule has 4 nitrogen and oxygen atoms in total. The second kappa shape index (κ2) is 4.45. The maximum atomic E-state index is 11.9. The summed E-state index contributed by atoms with van der Waals surface area (Å²) in [5.41, 5.74) is 0.624. The largest absolute Gasteiger partial charge is 0.436 e. The SMILES string of the molecule is Cc1nc(C)c(C(=O)NC2CCCC2Cl)o1. The summed E-state index contributed by atoms with van der Waals surface area (Å²) in [5, 5.41) is 2.93. The third-order valence-corrected chi connectivity index (χ3v) is 3.38. The predicted octanol–water partition coefficient (Wildman–Crippen LogP) is 2.18. The van der Waals surface area contributed by atoms with Crippen LogP contribution in [0.25, 0.3) is 0 Å². The molecule has 0 radical (unpaired) electrons. The van der Waals surface area contributed by atoms with Gasteiger partial charge in [0.05, 0.1) is 11.1 Å². The number of carbonyl (C=O) groups is 1. The van der Waals surface area contributed by atoms with Crippen molar-refractivity contribution in [1.82, 2.24) is 10.3 Å². The Morgan fingerprint density at radius 2 is 2.25 bits per heavy atom. The standard InChI is InChI=1S/C11H15ClN2O2/c1-6-10(16-7(2)13-6)11(15)14-9-5-3-4-8(9)12/h8-9H,3-5H2,1-2H3,(H,14,15). The van der Waals surface area contributed by atoms with Crippen LogP contribution in [0.4, 0.5) is 0 Å². The van der Waals surface area contributed by atoms with Gasteiger partial charge in [0.1, 0.15) is 0 Å². The molecule has 1 amide bonds. The van der Waals surface area contributed by atoms with Gasteiger partial charge in [0.15, 0.2) is 5.89 Å². The zero-order chi connectivity index (χ0) is 11.7. The van der Waals surface area contributed by atoms with E-state index in [0.717, 1.165) is 19.3 Å². The molecule has 2 unspecified atom stereocenters. The first-order valence-electron chi connectivity index (χ1n) is 5.47. The third kappa shape index (κ3) is 2.21. The van der Waals surface area contributed by atoms with E-state index in [9.17, 15) is 4.79 Å². The number of rotatable bonds is 2. The molecule has 1 aliphatic rings. The molecule has 1 aliphatic carbocycles. The number of nitrogens with zero attached hydrogens (tertiary/aromatic N) is 1. The van der Waals surface area contributed by atoms with Crippen LogP contribution in [0, 0.1) is 13.8 Å². The van der Waals surface area contributed by atoms with Crippen LogP contribution < -0.4 is 5.32 Å². The molecule has 0 aromatic carbocycles. The Hall–Kier alpha value is -1.03. The maximum absolute atomic E-state index is 11.9. The summed E-state index contributed by atoms with van der Waals surface area (Å²) < 4.78 is 5.26. The van der Waals surface area contributed by atoms with Crippen LogP contribution in [0.3, 0.4) is 0 Å². The van der Waals surface area contributed by atoms with E-state index in [0.29, 0.717) is 17.3 Å². The summed E-state index contributed by atoms with van der Waals surface area (Å²) in [5.74, 6) is 0.598. The Morgan fingerprint density at radius 1 is 1.50 bits per heavy atom. The lowest BCUT2D eigenvalue weighted by molar-refractivity contribution is 0.0908. The predicted molar refractivity (Wildman–Crippen MR) is 60.7 cm³/mol. The van der Waals surface area contributed by atoms with E-state index in [1.54, 1.807) is 13.8 Å². The molecule has 0 aliphatic heterocycles. The first-order chi connectivity index (χ1) is 7.58. The van der Waals surface area contributed by atoms with E-state index in [1.807, 2.05) is 0 Å². The fraction of sp³-hybridized carbons (Fsp3) is 0.636. The van der Waals surface area contributed by atoms with E-state index in [1.165, 1.54) is 0 Å². The number of aromatic nitrogens is 1. The van der Waals surface area contributed by atoms with Crippen molar-refractivity contribution in [3.8, 4) is 0 Å². The van der Waals surface area contributed by atoms with Gasteiger partial charge in [-0.1, -0.05) is 0 Å². The Labute approximate surface area is 99.4 Å². The van der Waals surface area contributed by atoms with Gasteiger partial charge in [-0.3, -0.25) is 4.79 Å². The summed E-state index contributed by atoms with van der Waals surface area (Å²) in [7, 11) is 0. The molecule has 0 saturated heterocycles. The van der Waals surface area contributed by atoms with Crippen molar-refractivity contribution in [3.63, 3.8) is 0 Å². The molecule has 0 spiro atoms. The second-order valence-corrected chi connectivity index (χ2v) is 4.73. The second-order valence-electron chi connectivity index (χ2n) is 4.17. The van der Waals surface area contributed by atoms with Crippen molar-refractivity contribution in [3.05, 3.63) is 17.3 Å². The minimum atomic E-state index is -0.212. The molecule has 1 saturated carbocycles. The van der Waals surface area contributed by atoms with Crippen LogP contribution in [0.15, 0.2) is 4.42 Å². The van der Waals surface area contributed by atoms with Crippen LogP contribution in [0.5, 0.6) is 0 Å². The highest BCUT2D eigenvalue weighted by atomic mass is 35.5. The Bertz CT molecular complexity index is 403. The number of hydrogen-bond acceptors (Lipinski definition) is 3. The molecule has 16 heavy (non-hydrogen) atoms. The number of nitrogens with one attached hydrogen (secondary N) is 1. The van der Waals surface area contributed by atoms with Gasteiger partial charge >= 0.3 is 0 Å². The number of halogens is 1. The van der Waals surface area contributed by atoms with E-state index >= 15 is 0 Å². The number of amides is 1. The van der Waals surface area contributed by atoms with Crippen LogP contribution in [0.1, 0.15) is 41.4 Å². The smallest absolute Gasteiger partial charge is 0.289 e. The number of aryl methyl sites for hydroxylation is 2.